The molecule has 0 aliphatic carbocycles. The Morgan fingerprint density at radius 2 is 2.20 bits per heavy atom. The largest absolute Gasteiger partial charge is 0.371 e. The van der Waals surface area contributed by atoms with Gasteiger partial charge in [0.2, 0.25) is 5.91 Å². The summed E-state index contributed by atoms with van der Waals surface area (Å²) in [6, 6.07) is 0. The third-order valence-electron chi connectivity index (χ3n) is 1.70. The van der Waals surface area contributed by atoms with Crippen LogP contribution in [0.4, 0.5) is 0 Å². The highest BCUT2D eigenvalue weighted by Crippen LogP contribution is 2.09. The van der Waals surface area contributed by atoms with Crippen molar-refractivity contribution >= 4 is 5.91 Å². The summed E-state index contributed by atoms with van der Waals surface area (Å²) in [7, 11) is 1.50. The van der Waals surface area contributed by atoms with E-state index in [-0.39, 0.29) is 11.8 Å². The van der Waals surface area contributed by atoms with Crippen molar-refractivity contribution in [3.8, 4) is 0 Å². The molecule has 0 fully saturated rings. The molecule has 0 aromatic carbocycles. The molecule has 0 bridgehead atoms. The molecule has 10 heavy (non-hydrogen) atoms. The maximum atomic E-state index is 10.6. The summed E-state index contributed by atoms with van der Waals surface area (Å²) in [5.41, 5.74) is 5.06. The first kappa shape index (κ1) is 9.43. The zero-order chi connectivity index (χ0) is 8.15. The number of nitrogens with two attached hydrogens (primary N) is 1. The zero-order valence-electron chi connectivity index (χ0n) is 6.76. The first-order valence-electron chi connectivity index (χ1n) is 3.45. The standard InChI is InChI=1S/C7H15NO2/c1-4-5(2)6(10-3)7(8)9/h5-6H,4H2,1-3H3,(H2,8,9). The normalized spacial score (nSPS) is 16.3. The molecule has 3 heteroatoms. The molecule has 0 heterocycles. The highest BCUT2D eigenvalue weighted by atomic mass is 16.5. The fourth-order valence-electron chi connectivity index (χ4n) is 0.843. The molecule has 0 aromatic heterocycles. The Morgan fingerprint density at radius 1 is 1.70 bits per heavy atom. The number of carbonyl (C=O) groups excluding carboxylic acids is 1. The summed E-state index contributed by atoms with van der Waals surface area (Å²) in [5, 5.41) is 0. The second kappa shape index (κ2) is 4.28. The molecule has 2 N–H and O–H groups in total. The minimum absolute atomic E-state index is 0.211. The van der Waals surface area contributed by atoms with Crippen molar-refractivity contribution in [2.75, 3.05) is 7.11 Å². The third kappa shape index (κ3) is 2.35. The first-order valence-corrected chi connectivity index (χ1v) is 3.45. The Bertz CT molecular complexity index is 114. The van der Waals surface area contributed by atoms with E-state index in [1.54, 1.807) is 0 Å². The summed E-state index contributed by atoms with van der Waals surface area (Å²) < 4.78 is 4.89. The average Bonchev–Trinajstić information content (AvgIpc) is 1.88. The van der Waals surface area contributed by atoms with Crippen LogP contribution in [0.3, 0.4) is 0 Å². The lowest BCUT2D eigenvalue weighted by molar-refractivity contribution is -0.130. The number of methoxy groups -OCH3 is 1. The molecule has 60 valence electrons. The van der Waals surface area contributed by atoms with Crippen LogP contribution in [-0.2, 0) is 9.53 Å². The molecule has 2 unspecified atom stereocenters. The van der Waals surface area contributed by atoms with Crippen molar-refractivity contribution in [3.05, 3.63) is 0 Å². The fourth-order valence-corrected chi connectivity index (χ4v) is 0.843. The first-order chi connectivity index (χ1) is 4.63. The van der Waals surface area contributed by atoms with Gasteiger partial charge in [-0.15, -0.1) is 0 Å². The number of hydrogen-bond donors (Lipinski definition) is 1. The molecule has 1 amide bonds. The molecular formula is C7H15NO2. The van der Waals surface area contributed by atoms with Gasteiger partial charge in [-0.25, -0.2) is 0 Å². The van der Waals surface area contributed by atoms with Gasteiger partial charge in [0, 0.05) is 7.11 Å². The van der Waals surface area contributed by atoms with Crippen molar-refractivity contribution in [1.82, 2.24) is 0 Å². The molecule has 0 aliphatic rings. The van der Waals surface area contributed by atoms with Crippen LogP contribution in [0, 0.1) is 5.92 Å². The van der Waals surface area contributed by atoms with Crippen LogP contribution in [-0.4, -0.2) is 19.1 Å². The lowest BCUT2D eigenvalue weighted by atomic mass is 10.0. The topological polar surface area (TPSA) is 52.3 Å². The van der Waals surface area contributed by atoms with Gasteiger partial charge in [-0.2, -0.15) is 0 Å². The minimum Gasteiger partial charge on any atom is -0.371 e. The number of carbonyl (C=O) groups is 1. The van der Waals surface area contributed by atoms with Crippen molar-refractivity contribution in [2.24, 2.45) is 11.7 Å². The maximum Gasteiger partial charge on any atom is 0.246 e. The highest BCUT2D eigenvalue weighted by molar-refractivity contribution is 5.79. The molecular weight excluding hydrogens is 130 g/mol. The van der Waals surface area contributed by atoms with Crippen molar-refractivity contribution in [3.63, 3.8) is 0 Å². The molecule has 0 radical (unpaired) electrons. The van der Waals surface area contributed by atoms with Crippen molar-refractivity contribution < 1.29 is 9.53 Å². The van der Waals surface area contributed by atoms with Crippen LogP contribution in [0.2, 0.25) is 0 Å². The van der Waals surface area contributed by atoms with Gasteiger partial charge in [-0.3, -0.25) is 4.79 Å². The van der Waals surface area contributed by atoms with E-state index < -0.39 is 6.10 Å². The quantitative estimate of drug-likeness (QED) is 0.627. The van der Waals surface area contributed by atoms with Gasteiger partial charge in [-0.1, -0.05) is 20.3 Å². The van der Waals surface area contributed by atoms with E-state index in [2.05, 4.69) is 0 Å². The molecule has 0 aromatic rings. The Hall–Kier alpha value is -0.570. The zero-order valence-corrected chi connectivity index (χ0v) is 6.76. The van der Waals surface area contributed by atoms with Gasteiger partial charge in [-0.05, 0) is 5.92 Å². The second-order valence-electron chi connectivity index (χ2n) is 2.44. The van der Waals surface area contributed by atoms with E-state index in [0.29, 0.717) is 0 Å². The van der Waals surface area contributed by atoms with E-state index >= 15 is 0 Å². The van der Waals surface area contributed by atoms with Crippen molar-refractivity contribution in [2.45, 2.75) is 26.4 Å². The third-order valence-corrected chi connectivity index (χ3v) is 1.70. The van der Waals surface area contributed by atoms with Crippen LogP contribution in [0.25, 0.3) is 0 Å². The molecule has 0 rings (SSSR count). The Labute approximate surface area is 61.5 Å². The number of amides is 1. The van der Waals surface area contributed by atoms with Gasteiger partial charge >= 0.3 is 0 Å². The molecule has 2 atom stereocenters. The second-order valence-corrected chi connectivity index (χ2v) is 2.44. The van der Waals surface area contributed by atoms with Gasteiger partial charge < -0.3 is 10.5 Å². The van der Waals surface area contributed by atoms with E-state index in [1.165, 1.54) is 7.11 Å². The molecule has 3 nitrogen and oxygen atoms in total. The monoisotopic (exact) mass is 145 g/mol. The van der Waals surface area contributed by atoms with Crippen molar-refractivity contribution in [1.29, 1.82) is 0 Å². The number of primary amides is 1. The maximum absolute atomic E-state index is 10.6. The SMILES string of the molecule is CCC(C)C(OC)C(N)=O. The van der Waals surface area contributed by atoms with Crippen LogP contribution >= 0.6 is 0 Å². The summed E-state index contributed by atoms with van der Waals surface area (Å²) in [6.45, 7) is 3.94. The molecule has 0 aliphatic heterocycles. The van der Waals surface area contributed by atoms with Crippen LogP contribution in [0.1, 0.15) is 20.3 Å². The average molecular weight is 145 g/mol. The fraction of sp³-hybridized carbons (Fsp3) is 0.857. The highest BCUT2D eigenvalue weighted by Gasteiger charge is 2.19. The van der Waals surface area contributed by atoms with Gasteiger partial charge in [0.05, 0.1) is 0 Å². The van der Waals surface area contributed by atoms with Gasteiger partial charge in [0.25, 0.3) is 0 Å². The number of rotatable bonds is 4. The summed E-state index contributed by atoms with van der Waals surface area (Å²) in [5.74, 6) is -0.167. The van der Waals surface area contributed by atoms with E-state index in [4.69, 9.17) is 10.5 Å². The lowest BCUT2D eigenvalue weighted by Gasteiger charge is -2.17. The summed E-state index contributed by atoms with van der Waals surface area (Å²) in [4.78, 5) is 10.6. The minimum atomic E-state index is -0.426. The van der Waals surface area contributed by atoms with Gasteiger partial charge in [0.1, 0.15) is 6.10 Å². The van der Waals surface area contributed by atoms with E-state index in [0.717, 1.165) is 6.42 Å². The predicted molar refractivity (Wildman–Crippen MR) is 39.4 cm³/mol. The predicted octanol–water partition coefficient (Wildman–Crippen LogP) is 0.533. The Morgan fingerprint density at radius 3 is 2.30 bits per heavy atom. The van der Waals surface area contributed by atoms with Crippen LogP contribution in [0.15, 0.2) is 0 Å². The number of ether oxygens (including phenoxy) is 1. The van der Waals surface area contributed by atoms with E-state index in [9.17, 15) is 4.79 Å². The molecule has 0 spiro atoms. The summed E-state index contributed by atoms with van der Waals surface area (Å²) >= 11 is 0. The number of hydrogen-bond acceptors (Lipinski definition) is 2. The van der Waals surface area contributed by atoms with E-state index in [1.807, 2.05) is 13.8 Å². The molecule has 0 saturated carbocycles. The van der Waals surface area contributed by atoms with Crippen LogP contribution in [0.5, 0.6) is 0 Å². The van der Waals surface area contributed by atoms with Crippen LogP contribution < -0.4 is 5.73 Å². The smallest absolute Gasteiger partial charge is 0.246 e. The Balaban J connectivity index is 3.92. The molecule has 0 saturated heterocycles. The van der Waals surface area contributed by atoms with Gasteiger partial charge in [0.15, 0.2) is 0 Å². The summed E-state index contributed by atoms with van der Waals surface area (Å²) in [6.07, 6.45) is 0.478. The Kier molecular flexibility index (Phi) is 4.03. The lowest BCUT2D eigenvalue weighted by Crippen LogP contribution is -2.35.